The van der Waals surface area contributed by atoms with Gasteiger partial charge in [0.2, 0.25) is 0 Å². The van der Waals surface area contributed by atoms with E-state index in [2.05, 4.69) is 18.3 Å². The molecule has 0 aromatic carbocycles. The van der Waals surface area contributed by atoms with Gasteiger partial charge in [-0.25, -0.2) is 0 Å². The zero-order valence-electron chi connectivity index (χ0n) is 9.50. The Labute approximate surface area is 91.8 Å². The maximum atomic E-state index is 5.41. The van der Waals surface area contributed by atoms with E-state index < -0.39 is 0 Å². The van der Waals surface area contributed by atoms with E-state index in [4.69, 9.17) is 9.47 Å². The van der Waals surface area contributed by atoms with Crippen molar-refractivity contribution in [1.82, 2.24) is 5.32 Å². The fourth-order valence-electron chi connectivity index (χ4n) is 2.14. The summed E-state index contributed by atoms with van der Waals surface area (Å²) >= 11 is 0. The molecule has 2 unspecified atom stereocenters. The SMILES string of the molecule is CC(NCC1=CCCOC1)C1CCOC1. The van der Waals surface area contributed by atoms with Gasteiger partial charge in [0.05, 0.1) is 19.8 Å². The smallest absolute Gasteiger partial charge is 0.0689 e. The molecule has 0 amide bonds. The second-order valence-electron chi connectivity index (χ2n) is 4.50. The van der Waals surface area contributed by atoms with E-state index in [-0.39, 0.29) is 0 Å². The lowest BCUT2D eigenvalue weighted by molar-refractivity contribution is 0.147. The highest BCUT2D eigenvalue weighted by atomic mass is 16.5. The van der Waals surface area contributed by atoms with Crippen molar-refractivity contribution in [3.05, 3.63) is 11.6 Å². The summed E-state index contributed by atoms with van der Waals surface area (Å²) in [5.74, 6) is 0.690. The number of hydrogen-bond donors (Lipinski definition) is 1. The molecule has 1 N–H and O–H groups in total. The van der Waals surface area contributed by atoms with Gasteiger partial charge in [0.1, 0.15) is 0 Å². The third-order valence-electron chi connectivity index (χ3n) is 3.31. The Bertz CT molecular complexity index is 222. The first-order valence-corrected chi connectivity index (χ1v) is 5.93. The maximum Gasteiger partial charge on any atom is 0.0689 e. The number of hydrogen-bond acceptors (Lipinski definition) is 3. The highest BCUT2D eigenvalue weighted by Crippen LogP contribution is 2.16. The van der Waals surface area contributed by atoms with Crippen molar-refractivity contribution in [2.24, 2.45) is 5.92 Å². The van der Waals surface area contributed by atoms with Gasteiger partial charge >= 0.3 is 0 Å². The molecule has 1 saturated heterocycles. The molecule has 3 nitrogen and oxygen atoms in total. The minimum atomic E-state index is 0.551. The van der Waals surface area contributed by atoms with Gasteiger partial charge in [0.25, 0.3) is 0 Å². The molecule has 2 atom stereocenters. The molecule has 15 heavy (non-hydrogen) atoms. The van der Waals surface area contributed by atoms with E-state index in [1.54, 1.807) is 0 Å². The second-order valence-corrected chi connectivity index (χ2v) is 4.50. The summed E-state index contributed by atoms with van der Waals surface area (Å²) in [4.78, 5) is 0. The highest BCUT2D eigenvalue weighted by Gasteiger charge is 2.21. The van der Waals surface area contributed by atoms with Crippen LogP contribution in [0.3, 0.4) is 0 Å². The van der Waals surface area contributed by atoms with Crippen LogP contribution in [0.4, 0.5) is 0 Å². The molecule has 2 aliphatic rings. The third-order valence-corrected chi connectivity index (χ3v) is 3.31. The van der Waals surface area contributed by atoms with Crippen molar-refractivity contribution in [3.63, 3.8) is 0 Å². The molecule has 0 aromatic heterocycles. The summed E-state index contributed by atoms with van der Waals surface area (Å²) in [5.41, 5.74) is 1.40. The largest absolute Gasteiger partial charge is 0.381 e. The normalized spacial score (nSPS) is 28.9. The third kappa shape index (κ3) is 3.30. The molecule has 2 rings (SSSR count). The summed E-state index contributed by atoms with van der Waals surface area (Å²) in [6.45, 7) is 6.77. The zero-order chi connectivity index (χ0) is 10.5. The van der Waals surface area contributed by atoms with Crippen LogP contribution in [-0.2, 0) is 9.47 Å². The van der Waals surface area contributed by atoms with Crippen LogP contribution in [0.2, 0.25) is 0 Å². The van der Waals surface area contributed by atoms with Crippen LogP contribution >= 0.6 is 0 Å². The van der Waals surface area contributed by atoms with Gasteiger partial charge in [-0.15, -0.1) is 0 Å². The Hall–Kier alpha value is -0.380. The molecule has 2 heterocycles. The van der Waals surface area contributed by atoms with Crippen LogP contribution in [0.25, 0.3) is 0 Å². The van der Waals surface area contributed by atoms with E-state index in [1.165, 1.54) is 12.0 Å². The van der Waals surface area contributed by atoms with Crippen molar-refractivity contribution >= 4 is 0 Å². The van der Waals surface area contributed by atoms with Crippen molar-refractivity contribution in [1.29, 1.82) is 0 Å². The second kappa shape index (κ2) is 5.64. The molecule has 0 aliphatic carbocycles. The minimum Gasteiger partial charge on any atom is -0.381 e. The standard InChI is InChI=1S/C12H21NO2/c1-10(12-4-6-15-9-12)13-7-11-3-2-5-14-8-11/h3,10,12-13H,2,4-9H2,1H3. The Morgan fingerprint density at radius 1 is 1.47 bits per heavy atom. The molecule has 86 valence electrons. The van der Waals surface area contributed by atoms with E-state index >= 15 is 0 Å². The molecular formula is C12H21NO2. The molecule has 0 saturated carbocycles. The van der Waals surface area contributed by atoms with Crippen LogP contribution in [-0.4, -0.2) is 39.0 Å². The zero-order valence-corrected chi connectivity index (χ0v) is 9.50. The lowest BCUT2D eigenvalue weighted by atomic mass is 10.0. The van der Waals surface area contributed by atoms with Crippen LogP contribution < -0.4 is 5.32 Å². The number of nitrogens with one attached hydrogen (secondary N) is 1. The van der Waals surface area contributed by atoms with Gasteiger partial charge in [0, 0.05) is 19.2 Å². The van der Waals surface area contributed by atoms with Crippen molar-refractivity contribution in [2.45, 2.75) is 25.8 Å². The molecule has 0 aromatic rings. The first-order chi connectivity index (χ1) is 7.36. The molecule has 0 radical (unpaired) electrons. The predicted octanol–water partition coefficient (Wildman–Crippen LogP) is 1.35. The van der Waals surface area contributed by atoms with Gasteiger partial charge in [-0.3, -0.25) is 0 Å². The van der Waals surface area contributed by atoms with Gasteiger partial charge in [-0.1, -0.05) is 6.08 Å². The van der Waals surface area contributed by atoms with Gasteiger partial charge < -0.3 is 14.8 Å². The summed E-state index contributed by atoms with van der Waals surface area (Å²) in [7, 11) is 0. The van der Waals surface area contributed by atoms with Crippen molar-refractivity contribution in [3.8, 4) is 0 Å². The number of rotatable bonds is 4. The van der Waals surface area contributed by atoms with Crippen LogP contribution in [0.5, 0.6) is 0 Å². The molecule has 0 spiro atoms. The quantitative estimate of drug-likeness (QED) is 0.712. The van der Waals surface area contributed by atoms with Crippen molar-refractivity contribution < 1.29 is 9.47 Å². The summed E-state index contributed by atoms with van der Waals surface area (Å²) in [6, 6.07) is 0.551. The van der Waals surface area contributed by atoms with E-state index in [0.717, 1.165) is 39.4 Å². The molecule has 3 heteroatoms. The minimum absolute atomic E-state index is 0.551. The summed E-state index contributed by atoms with van der Waals surface area (Å²) < 4.78 is 10.8. The van der Waals surface area contributed by atoms with E-state index in [0.29, 0.717) is 12.0 Å². The lowest BCUT2D eigenvalue weighted by Crippen LogP contribution is -2.36. The molecule has 0 bridgehead atoms. The van der Waals surface area contributed by atoms with Crippen LogP contribution in [0.1, 0.15) is 19.8 Å². The Balaban J connectivity index is 1.69. The van der Waals surface area contributed by atoms with Gasteiger partial charge in [0.15, 0.2) is 0 Å². The Morgan fingerprint density at radius 2 is 2.40 bits per heavy atom. The lowest BCUT2D eigenvalue weighted by Gasteiger charge is -2.21. The maximum absolute atomic E-state index is 5.41. The van der Waals surface area contributed by atoms with Crippen LogP contribution in [0.15, 0.2) is 11.6 Å². The van der Waals surface area contributed by atoms with Crippen LogP contribution in [0, 0.1) is 5.92 Å². The monoisotopic (exact) mass is 211 g/mol. The molecular weight excluding hydrogens is 190 g/mol. The van der Waals surface area contributed by atoms with Crippen molar-refractivity contribution in [2.75, 3.05) is 33.0 Å². The fraction of sp³-hybridized carbons (Fsp3) is 0.833. The summed E-state index contributed by atoms with van der Waals surface area (Å²) in [6.07, 6.45) is 4.57. The van der Waals surface area contributed by atoms with Gasteiger partial charge in [-0.2, -0.15) is 0 Å². The molecule has 1 fully saturated rings. The van der Waals surface area contributed by atoms with E-state index in [1.807, 2.05) is 0 Å². The number of ether oxygens (including phenoxy) is 2. The molecule has 2 aliphatic heterocycles. The summed E-state index contributed by atoms with van der Waals surface area (Å²) in [5, 5.41) is 3.57. The average molecular weight is 211 g/mol. The predicted molar refractivity (Wildman–Crippen MR) is 59.9 cm³/mol. The Morgan fingerprint density at radius 3 is 3.07 bits per heavy atom. The Kier molecular flexibility index (Phi) is 4.18. The van der Waals surface area contributed by atoms with E-state index in [9.17, 15) is 0 Å². The first-order valence-electron chi connectivity index (χ1n) is 5.93. The first kappa shape index (κ1) is 11.1. The van der Waals surface area contributed by atoms with Gasteiger partial charge in [-0.05, 0) is 31.3 Å². The fourth-order valence-corrected chi connectivity index (χ4v) is 2.14. The highest BCUT2D eigenvalue weighted by molar-refractivity contribution is 5.07. The topological polar surface area (TPSA) is 30.5 Å². The average Bonchev–Trinajstić information content (AvgIpc) is 2.81.